The highest BCUT2D eigenvalue weighted by atomic mass is 19.4. The number of carbonyl (C=O) groups is 1. The number of ether oxygens (including phenoxy) is 1. The molecule has 1 rings (SSSR count). The minimum atomic E-state index is -4.54. The first-order valence-electron chi connectivity index (χ1n) is 6.19. The number of amides is 1. The summed E-state index contributed by atoms with van der Waals surface area (Å²) in [5.74, 6) is -0.359. The summed E-state index contributed by atoms with van der Waals surface area (Å²) in [5.41, 5.74) is 4.02. The number of nitrogen functional groups attached to an aromatic ring is 1. The maximum absolute atomic E-state index is 12.6. The second-order valence-corrected chi connectivity index (χ2v) is 4.15. The first-order chi connectivity index (χ1) is 9.34. The Balaban J connectivity index is 2.62. The highest BCUT2D eigenvalue weighted by Crippen LogP contribution is 2.35. The van der Waals surface area contributed by atoms with Gasteiger partial charge in [0.2, 0.25) is 5.91 Å². The molecule has 0 fully saturated rings. The number of anilines is 2. The van der Waals surface area contributed by atoms with E-state index >= 15 is 0 Å². The minimum Gasteiger partial charge on any atom is -0.398 e. The first-order valence-corrected chi connectivity index (χ1v) is 6.19. The van der Waals surface area contributed by atoms with Crippen molar-refractivity contribution in [3.05, 3.63) is 23.8 Å². The summed E-state index contributed by atoms with van der Waals surface area (Å²) >= 11 is 0. The summed E-state index contributed by atoms with van der Waals surface area (Å²) in [5, 5.41) is 2.41. The van der Waals surface area contributed by atoms with Gasteiger partial charge in [-0.3, -0.25) is 4.79 Å². The van der Waals surface area contributed by atoms with Crippen LogP contribution in [0.5, 0.6) is 0 Å². The SMILES string of the molecule is CCOCCCC(=O)Nc1ccc(N)c(C(F)(F)F)c1. The zero-order valence-electron chi connectivity index (χ0n) is 11.1. The molecule has 0 heterocycles. The monoisotopic (exact) mass is 290 g/mol. The normalized spacial score (nSPS) is 11.4. The highest BCUT2D eigenvalue weighted by molar-refractivity contribution is 5.91. The zero-order valence-corrected chi connectivity index (χ0v) is 11.1. The molecule has 0 unspecified atom stereocenters. The van der Waals surface area contributed by atoms with E-state index in [0.29, 0.717) is 19.6 Å². The van der Waals surface area contributed by atoms with Crippen molar-refractivity contribution < 1.29 is 22.7 Å². The number of nitrogens with one attached hydrogen (secondary N) is 1. The molecule has 0 aliphatic heterocycles. The van der Waals surface area contributed by atoms with Crippen molar-refractivity contribution >= 4 is 17.3 Å². The van der Waals surface area contributed by atoms with Crippen LogP contribution in [0, 0.1) is 0 Å². The first kappa shape index (κ1) is 16.3. The molecule has 1 aromatic carbocycles. The number of benzene rings is 1. The van der Waals surface area contributed by atoms with E-state index in [1.165, 1.54) is 6.07 Å². The van der Waals surface area contributed by atoms with Crippen LogP contribution >= 0.6 is 0 Å². The van der Waals surface area contributed by atoms with Crippen molar-refractivity contribution in [2.45, 2.75) is 25.9 Å². The smallest absolute Gasteiger partial charge is 0.398 e. The molecule has 0 saturated heterocycles. The largest absolute Gasteiger partial charge is 0.418 e. The van der Waals surface area contributed by atoms with Gasteiger partial charge in [0, 0.05) is 31.0 Å². The van der Waals surface area contributed by atoms with Gasteiger partial charge in [-0.1, -0.05) is 0 Å². The standard InChI is InChI=1S/C13H17F3N2O2/c1-2-20-7-3-4-12(19)18-9-5-6-11(17)10(8-9)13(14,15)16/h5-6,8H,2-4,7,17H2,1H3,(H,18,19). The van der Waals surface area contributed by atoms with E-state index in [1.54, 1.807) is 0 Å². The summed E-state index contributed by atoms with van der Waals surface area (Å²) in [6, 6.07) is 3.29. The van der Waals surface area contributed by atoms with E-state index in [4.69, 9.17) is 10.5 Å². The van der Waals surface area contributed by atoms with Crippen LogP contribution in [-0.4, -0.2) is 19.1 Å². The second kappa shape index (κ2) is 7.14. The molecule has 7 heteroatoms. The molecular formula is C13H17F3N2O2. The topological polar surface area (TPSA) is 64.3 Å². The number of alkyl halides is 3. The van der Waals surface area contributed by atoms with E-state index < -0.39 is 11.7 Å². The van der Waals surface area contributed by atoms with Crippen molar-refractivity contribution in [2.75, 3.05) is 24.3 Å². The van der Waals surface area contributed by atoms with Crippen LogP contribution in [0.1, 0.15) is 25.3 Å². The maximum atomic E-state index is 12.6. The van der Waals surface area contributed by atoms with Gasteiger partial charge in [-0.15, -0.1) is 0 Å². The van der Waals surface area contributed by atoms with Gasteiger partial charge in [-0.05, 0) is 31.5 Å². The van der Waals surface area contributed by atoms with E-state index in [2.05, 4.69) is 5.32 Å². The Morgan fingerprint density at radius 1 is 1.40 bits per heavy atom. The van der Waals surface area contributed by atoms with E-state index in [9.17, 15) is 18.0 Å². The summed E-state index contributed by atoms with van der Waals surface area (Å²) in [6.07, 6.45) is -3.84. The summed E-state index contributed by atoms with van der Waals surface area (Å²) in [4.78, 5) is 11.5. The third kappa shape index (κ3) is 5.08. The van der Waals surface area contributed by atoms with Crippen LogP contribution in [0.2, 0.25) is 0 Å². The van der Waals surface area contributed by atoms with Crippen LogP contribution < -0.4 is 11.1 Å². The van der Waals surface area contributed by atoms with E-state index in [0.717, 1.165) is 12.1 Å². The molecule has 0 spiro atoms. The van der Waals surface area contributed by atoms with Crippen molar-refractivity contribution in [3.63, 3.8) is 0 Å². The summed E-state index contributed by atoms with van der Waals surface area (Å²) in [7, 11) is 0. The van der Waals surface area contributed by atoms with Gasteiger partial charge in [-0.2, -0.15) is 13.2 Å². The molecule has 0 saturated carbocycles. The number of halogens is 3. The molecule has 0 aliphatic rings. The van der Waals surface area contributed by atoms with Crippen molar-refractivity contribution in [3.8, 4) is 0 Å². The van der Waals surface area contributed by atoms with Gasteiger partial charge < -0.3 is 15.8 Å². The molecule has 1 amide bonds. The van der Waals surface area contributed by atoms with Crippen LogP contribution in [-0.2, 0) is 15.7 Å². The Hall–Kier alpha value is -1.76. The fourth-order valence-electron chi connectivity index (χ4n) is 1.58. The maximum Gasteiger partial charge on any atom is 0.418 e. The number of rotatable bonds is 6. The van der Waals surface area contributed by atoms with Crippen molar-refractivity contribution in [2.24, 2.45) is 0 Å². The minimum absolute atomic E-state index is 0.0768. The van der Waals surface area contributed by atoms with Gasteiger partial charge in [-0.25, -0.2) is 0 Å². The van der Waals surface area contributed by atoms with Gasteiger partial charge in [0.25, 0.3) is 0 Å². The van der Waals surface area contributed by atoms with Crippen LogP contribution in [0.25, 0.3) is 0 Å². The summed E-state index contributed by atoms with van der Waals surface area (Å²) < 4.78 is 43.0. The third-order valence-corrected chi connectivity index (χ3v) is 2.54. The molecule has 0 aliphatic carbocycles. The molecule has 20 heavy (non-hydrogen) atoms. The lowest BCUT2D eigenvalue weighted by Crippen LogP contribution is -2.14. The lowest BCUT2D eigenvalue weighted by molar-refractivity contribution is -0.136. The number of hydrogen-bond donors (Lipinski definition) is 2. The van der Waals surface area contributed by atoms with E-state index in [1.807, 2.05) is 6.92 Å². The van der Waals surface area contributed by atoms with Crippen molar-refractivity contribution in [1.82, 2.24) is 0 Å². The Morgan fingerprint density at radius 2 is 2.10 bits per heavy atom. The van der Waals surface area contributed by atoms with Crippen LogP contribution in [0.15, 0.2) is 18.2 Å². The Morgan fingerprint density at radius 3 is 2.70 bits per heavy atom. The molecule has 1 aromatic rings. The molecule has 3 N–H and O–H groups in total. The molecule has 4 nitrogen and oxygen atoms in total. The van der Waals surface area contributed by atoms with Crippen LogP contribution in [0.3, 0.4) is 0 Å². The molecule has 0 aromatic heterocycles. The Bertz CT molecular complexity index is 461. The number of hydrogen-bond acceptors (Lipinski definition) is 3. The van der Waals surface area contributed by atoms with Gasteiger partial charge in [0.15, 0.2) is 0 Å². The molecular weight excluding hydrogens is 273 g/mol. The fourth-order valence-corrected chi connectivity index (χ4v) is 1.58. The molecule has 0 radical (unpaired) electrons. The number of nitrogens with two attached hydrogens (primary N) is 1. The quantitative estimate of drug-likeness (QED) is 0.625. The van der Waals surface area contributed by atoms with Crippen molar-refractivity contribution in [1.29, 1.82) is 0 Å². The average Bonchev–Trinajstić information content (AvgIpc) is 2.36. The van der Waals surface area contributed by atoms with E-state index in [-0.39, 0.29) is 23.7 Å². The second-order valence-electron chi connectivity index (χ2n) is 4.15. The lowest BCUT2D eigenvalue weighted by Gasteiger charge is -2.12. The third-order valence-electron chi connectivity index (χ3n) is 2.54. The predicted octanol–water partition coefficient (Wildman–Crippen LogP) is 3.04. The van der Waals surface area contributed by atoms with Gasteiger partial charge in [0.1, 0.15) is 0 Å². The fraction of sp³-hybridized carbons (Fsp3) is 0.462. The lowest BCUT2D eigenvalue weighted by atomic mass is 10.1. The zero-order chi connectivity index (χ0) is 15.2. The molecule has 0 bridgehead atoms. The highest BCUT2D eigenvalue weighted by Gasteiger charge is 2.33. The molecule has 112 valence electrons. The van der Waals surface area contributed by atoms with Crippen LogP contribution in [0.4, 0.5) is 24.5 Å². The van der Waals surface area contributed by atoms with Gasteiger partial charge in [0.05, 0.1) is 5.56 Å². The summed E-state index contributed by atoms with van der Waals surface area (Å²) in [6.45, 7) is 2.85. The Kier molecular flexibility index (Phi) is 5.82. The molecule has 0 atom stereocenters. The van der Waals surface area contributed by atoms with Gasteiger partial charge >= 0.3 is 6.18 Å². The Labute approximate surface area is 115 Å². The average molecular weight is 290 g/mol. The number of carbonyl (C=O) groups excluding carboxylic acids is 1. The predicted molar refractivity (Wildman–Crippen MR) is 70.2 cm³/mol.